The summed E-state index contributed by atoms with van der Waals surface area (Å²) in [6, 6.07) is 9.76. The first-order valence-corrected chi connectivity index (χ1v) is 11.6. The molecule has 2 amide bonds. The van der Waals surface area contributed by atoms with Crippen LogP contribution in [0.25, 0.3) is 33.4 Å². The molecule has 184 valence electrons. The maximum absolute atomic E-state index is 14.3. The molecule has 1 aromatic carbocycles. The van der Waals surface area contributed by atoms with Crippen LogP contribution >= 0.6 is 0 Å². The lowest BCUT2D eigenvalue weighted by molar-refractivity contribution is -0.130. The van der Waals surface area contributed by atoms with Gasteiger partial charge >= 0.3 is 0 Å². The number of alkyl halides is 2. The van der Waals surface area contributed by atoms with Crippen LogP contribution < -0.4 is 5.73 Å². The first-order valence-electron chi connectivity index (χ1n) is 11.6. The van der Waals surface area contributed by atoms with E-state index in [0.717, 1.165) is 11.5 Å². The molecular formula is C26H24F2N6O2. The summed E-state index contributed by atoms with van der Waals surface area (Å²) in [5, 5.41) is 0.543. The topological polar surface area (TPSA) is 107 Å². The molecule has 10 heteroatoms. The molecule has 0 saturated carbocycles. The summed E-state index contributed by atoms with van der Waals surface area (Å²) in [6.45, 7) is 5.19. The highest BCUT2D eigenvalue weighted by molar-refractivity contribution is 5.96. The molecule has 0 atom stereocenters. The minimum absolute atomic E-state index is 0.0216. The van der Waals surface area contributed by atoms with Crippen LogP contribution in [0.5, 0.6) is 0 Å². The van der Waals surface area contributed by atoms with Gasteiger partial charge in [0.2, 0.25) is 5.91 Å². The molecule has 0 unspecified atom stereocenters. The molecule has 1 aliphatic rings. The molecule has 0 saturated heterocycles. The molecule has 4 aromatic rings. The molecular weight excluding hydrogens is 466 g/mol. The third-order valence-corrected chi connectivity index (χ3v) is 6.52. The average molecular weight is 491 g/mol. The average Bonchev–Trinajstić information content (AvgIpc) is 3.25. The van der Waals surface area contributed by atoms with Crippen LogP contribution in [0.4, 0.5) is 8.78 Å². The Hall–Kier alpha value is -4.21. The minimum Gasteiger partial charge on any atom is -0.364 e. The number of benzene rings is 1. The number of nitrogens with zero attached hydrogens (tertiary/aromatic N) is 5. The molecule has 0 bridgehead atoms. The van der Waals surface area contributed by atoms with Crippen LogP contribution in [-0.2, 0) is 24.3 Å². The fraction of sp³-hybridized carbons (Fsp3) is 0.269. The lowest BCUT2D eigenvalue weighted by Crippen LogP contribution is -2.37. The van der Waals surface area contributed by atoms with Gasteiger partial charge in [-0.25, -0.2) is 18.7 Å². The van der Waals surface area contributed by atoms with Gasteiger partial charge in [0.15, 0.2) is 0 Å². The van der Waals surface area contributed by atoms with Crippen LogP contribution in [0.3, 0.4) is 0 Å². The number of aromatic nitrogens is 4. The van der Waals surface area contributed by atoms with Gasteiger partial charge in [-0.2, -0.15) is 0 Å². The van der Waals surface area contributed by atoms with Gasteiger partial charge in [0, 0.05) is 54.7 Å². The molecule has 8 nitrogen and oxygen atoms in total. The van der Waals surface area contributed by atoms with Crippen molar-refractivity contribution in [2.75, 3.05) is 6.54 Å². The second-order valence-corrected chi connectivity index (χ2v) is 8.66. The van der Waals surface area contributed by atoms with Crippen molar-refractivity contribution < 1.29 is 18.4 Å². The van der Waals surface area contributed by atoms with Crippen molar-refractivity contribution in [2.24, 2.45) is 5.73 Å². The summed E-state index contributed by atoms with van der Waals surface area (Å²) in [5.41, 5.74) is 8.23. The van der Waals surface area contributed by atoms with E-state index in [9.17, 15) is 18.4 Å². The Balaban J connectivity index is 1.69. The number of nitrogens with two attached hydrogens (primary N) is 1. The zero-order chi connectivity index (χ0) is 25.6. The zero-order valence-electron chi connectivity index (χ0n) is 19.8. The largest absolute Gasteiger partial charge is 0.364 e. The number of carbonyl (C=O) groups excluding carboxylic acids is 2. The third-order valence-electron chi connectivity index (χ3n) is 6.52. The van der Waals surface area contributed by atoms with Crippen LogP contribution in [0.15, 0.2) is 42.6 Å². The molecule has 0 spiro atoms. The van der Waals surface area contributed by atoms with E-state index in [1.807, 2.05) is 19.1 Å². The standard InChI is InChI=1S/C26H24F2N6O2/c1-3-22-32-24(21-13-33(14(2)35)9-10-34(21)22)16-5-4-6-19-17(16)11-18(25(27)28)23(31-19)15-7-8-20(26(29)36)30-12-15/h4-8,11-12,25H,3,9-10,13H2,1-2H3,(H2,29,36). The Morgan fingerprint density at radius 2 is 1.92 bits per heavy atom. The van der Waals surface area contributed by atoms with Crippen molar-refractivity contribution in [3.63, 3.8) is 0 Å². The first-order chi connectivity index (χ1) is 17.3. The van der Waals surface area contributed by atoms with Crippen molar-refractivity contribution in [1.82, 2.24) is 24.4 Å². The number of aryl methyl sites for hydroxylation is 1. The van der Waals surface area contributed by atoms with Crippen LogP contribution in [0.2, 0.25) is 0 Å². The SMILES string of the molecule is CCc1nc(-c2cccc3nc(-c4ccc(C(N)=O)nc4)c(C(F)F)cc23)c2n1CCN(C(C)=O)C2. The van der Waals surface area contributed by atoms with Gasteiger partial charge in [0.1, 0.15) is 11.5 Å². The lowest BCUT2D eigenvalue weighted by atomic mass is 9.99. The minimum atomic E-state index is -2.80. The number of hydrogen-bond donors (Lipinski definition) is 1. The fourth-order valence-corrected chi connectivity index (χ4v) is 4.69. The highest BCUT2D eigenvalue weighted by atomic mass is 19.3. The normalized spacial score (nSPS) is 13.3. The number of amides is 2. The van der Waals surface area contributed by atoms with Crippen molar-refractivity contribution in [3.05, 3.63) is 65.4 Å². The molecule has 1 aliphatic heterocycles. The number of halogens is 2. The number of primary amides is 1. The first kappa shape index (κ1) is 23.5. The van der Waals surface area contributed by atoms with E-state index in [0.29, 0.717) is 53.8 Å². The second kappa shape index (κ2) is 9.10. The molecule has 4 heterocycles. The number of pyridine rings is 2. The summed E-state index contributed by atoms with van der Waals surface area (Å²) < 4.78 is 30.6. The van der Waals surface area contributed by atoms with Crippen molar-refractivity contribution in [1.29, 1.82) is 0 Å². The predicted octanol–water partition coefficient (Wildman–Crippen LogP) is 4.12. The van der Waals surface area contributed by atoms with E-state index in [-0.39, 0.29) is 22.9 Å². The van der Waals surface area contributed by atoms with Crippen molar-refractivity contribution >= 4 is 22.7 Å². The number of fused-ring (bicyclic) bond motifs is 2. The second-order valence-electron chi connectivity index (χ2n) is 8.66. The molecule has 3 aromatic heterocycles. The Bertz CT molecular complexity index is 1500. The maximum Gasteiger partial charge on any atom is 0.267 e. The fourth-order valence-electron chi connectivity index (χ4n) is 4.69. The molecule has 5 rings (SSSR count). The van der Waals surface area contributed by atoms with E-state index < -0.39 is 12.3 Å². The summed E-state index contributed by atoms with van der Waals surface area (Å²) in [6.07, 6.45) is -0.771. The highest BCUT2D eigenvalue weighted by Gasteiger charge is 2.27. The quantitative estimate of drug-likeness (QED) is 0.453. The number of hydrogen-bond acceptors (Lipinski definition) is 5. The zero-order valence-corrected chi connectivity index (χ0v) is 19.8. The van der Waals surface area contributed by atoms with Gasteiger partial charge in [0.05, 0.1) is 29.1 Å². The van der Waals surface area contributed by atoms with Crippen LogP contribution in [-0.4, -0.2) is 42.8 Å². The van der Waals surface area contributed by atoms with Crippen molar-refractivity contribution in [2.45, 2.75) is 39.8 Å². The maximum atomic E-state index is 14.3. The molecule has 0 aliphatic carbocycles. The Labute approximate surface area is 205 Å². The smallest absolute Gasteiger partial charge is 0.267 e. The molecule has 0 fully saturated rings. The van der Waals surface area contributed by atoms with E-state index in [1.54, 1.807) is 11.0 Å². The van der Waals surface area contributed by atoms with E-state index >= 15 is 0 Å². The summed E-state index contributed by atoms with van der Waals surface area (Å²) in [5.74, 6) is 0.163. The van der Waals surface area contributed by atoms with E-state index in [4.69, 9.17) is 10.7 Å². The predicted molar refractivity (Wildman–Crippen MR) is 130 cm³/mol. The molecule has 2 N–H and O–H groups in total. The highest BCUT2D eigenvalue weighted by Crippen LogP contribution is 2.37. The summed E-state index contributed by atoms with van der Waals surface area (Å²) >= 11 is 0. The summed E-state index contributed by atoms with van der Waals surface area (Å²) in [7, 11) is 0. The number of rotatable bonds is 5. The van der Waals surface area contributed by atoms with Gasteiger partial charge in [-0.3, -0.25) is 14.6 Å². The Morgan fingerprint density at radius 1 is 1.11 bits per heavy atom. The van der Waals surface area contributed by atoms with Crippen LogP contribution in [0.1, 0.15) is 47.8 Å². The van der Waals surface area contributed by atoms with Gasteiger partial charge in [-0.15, -0.1) is 0 Å². The third kappa shape index (κ3) is 3.98. The van der Waals surface area contributed by atoms with E-state index in [2.05, 4.69) is 14.5 Å². The summed E-state index contributed by atoms with van der Waals surface area (Å²) in [4.78, 5) is 38.6. The van der Waals surface area contributed by atoms with Gasteiger partial charge in [-0.1, -0.05) is 19.1 Å². The Kier molecular flexibility index (Phi) is 5.95. The number of carbonyl (C=O) groups is 2. The lowest BCUT2D eigenvalue weighted by Gasteiger charge is -2.28. The van der Waals surface area contributed by atoms with Crippen LogP contribution in [0, 0.1) is 0 Å². The molecule has 36 heavy (non-hydrogen) atoms. The monoisotopic (exact) mass is 490 g/mol. The van der Waals surface area contributed by atoms with Gasteiger partial charge in [-0.05, 0) is 24.3 Å². The van der Waals surface area contributed by atoms with Gasteiger partial charge < -0.3 is 15.2 Å². The van der Waals surface area contributed by atoms with Crippen molar-refractivity contribution in [3.8, 4) is 22.5 Å². The van der Waals surface area contributed by atoms with E-state index in [1.165, 1.54) is 31.3 Å². The molecule has 0 radical (unpaired) electrons. The van der Waals surface area contributed by atoms with Gasteiger partial charge in [0.25, 0.3) is 12.3 Å². The number of imidazole rings is 1. The Morgan fingerprint density at radius 3 is 2.56 bits per heavy atom.